The van der Waals surface area contributed by atoms with Gasteiger partial charge in [0.1, 0.15) is 0 Å². The zero-order valence-electron chi connectivity index (χ0n) is 34.3. The van der Waals surface area contributed by atoms with Gasteiger partial charge in [-0.3, -0.25) is 0 Å². The third kappa shape index (κ3) is 8.42. The van der Waals surface area contributed by atoms with Gasteiger partial charge in [-0.1, -0.05) is 103 Å². The van der Waals surface area contributed by atoms with Crippen molar-refractivity contribution in [2.24, 2.45) is 0 Å². The zero-order chi connectivity index (χ0) is 39.9. The lowest BCUT2D eigenvalue weighted by atomic mass is 10.1. The molecule has 0 unspecified atom stereocenters. The van der Waals surface area contributed by atoms with Gasteiger partial charge < -0.3 is 0 Å². The van der Waals surface area contributed by atoms with Crippen molar-refractivity contribution in [1.29, 1.82) is 0 Å². The monoisotopic (exact) mass is 946 g/mol. The first-order chi connectivity index (χ1) is 26.2. The van der Waals surface area contributed by atoms with Gasteiger partial charge in [-0.2, -0.15) is 0 Å². The molecule has 0 radical (unpaired) electrons. The zero-order valence-corrected chi connectivity index (χ0v) is 44.9. The van der Waals surface area contributed by atoms with Crippen molar-refractivity contribution in [1.82, 2.24) is 0 Å². The van der Waals surface area contributed by atoms with Crippen LogP contribution in [-0.2, 0) is 0 Å². The summed E-state index contributed by atoms with van der Waals surface area (Å²) >= 11 is 16.0. The van der Waals surface area contributed by atoms with E-state index in [4.69, 9.17) is 0 Å². The van der Waals surface area contributed by atoms with Crippen LogP contribution in [-0.4, -0.2) is 32.3 Å². The second-order valence-corrected chi connectivity index (χ2v) is 48.9. The van der Waals surface area contributed by atoms with E-state index in [0.29, 0.717) is 0 Å². The minimum atomic E-state index is -1.40. The first-order valence-corrected chi connectivity index (χ1v) is 39.7. The highest BCUT2D eigenvalue weighted by molar-refractivity contribution is 7.35. The summed E-state index contributed by atoms with van der Waals surface area (Å²) in [5, 5.41) is 0. The molecular weight excluding hydrogens is 897 g/mol. The van der Waals surface area contributed by atoms with Crippen LogP contribution in [0.3, 0.4) is 0 Å². The second kappa shape index (κ2) is 15.2. The van der Waals surface area contributed by atoms with Crippen LogP contribution in [0.1, 0.15) is 0 Å². The van der Waals surface area contributed by atoms with Gasteiger partial charge in [0, 0.05) is 59.9 Å². The molecule has 0 aliphatic heterocycles. The van der Waals surface area contributed by atoms with E-state index in [9.17, 15) is 0 Å². The summed E-state index contributed by atoms with van der Waals surface area (Å²) in [5.41, 5.74) is 2.78. The summed E-state index contributed by atoms with van der Waals surface area (Å²) in [5.74, 6) is 0. The fourth-order valence-electron chi connectivity index (χ4n) is 6.46. The van der Waals surface area contributed by atoms with Gasteiger partial charge in [0.2, 0.25) is 0 Å². The van der Waals surface area contributed by atoms with Crippen LogP contribution in [0.5, 0.6) is 0 Å². The van der Waals surface area contributed by atoms with E-state index in [-0.39, 0.29) is 0 Å². The molecule has 0 spiro atoms. The molecule has 0 nitrogen and oxygen atoms in total. The molecule has 0 fully saturated rings. The average Bonchev–Trinajstić information content (AvgIpc) is 3.96. The normalized spacial score (nSPS) is 13.0. The molecule has 56 heavy (non-hydrogen) atoms. The minimum absolute atomic E-state index is 1.35. The van der Waals surface area contributed by atoms with Crippen molar-refractivity contribution < 1.29 is 0 Å². The first kappa shape index (κ1) is 41.2. The van der Waals surface area contributed by atoms with Crippen LogP contribution in [0.2, 0.25) is 78.6 Å². The van der Waals surface area contributed by atoms with Gasteiger partial charge in [-0.15, -0.1) is 90.7 Å². The smallest absolute Gasteiger partial charge is 0.0904 e. The molecular formula is C44H50S8Si4. The first-order valence-electron chi connectivity index (χ1n) is 19.1. The molecule has 8 aromatic heterocycles. The van der Waals surface area contributed by atoms with Crippen LogP contribution in [0.4, 0.5) is 0 Å². The highest BCUT2D eigenvalue weighted by Crippen LogP contribution is 2.51. The molecule has 0 N–H and O–H groups in total. The Morgan fingerprint density at radius 1 is 0.250 bits per heavy atom. The molecule has 12 heteroatoms. The van der Waals surface area contributed by atoms with Crippen molar-refractivity contribution in [3.8, 4) is 69.7 Å². The second-order valence-electron chi connectivity index (χ2n) is 18.7. The molecule has 8 aromatic rings. The SMILES string of the molecule is C[Si](C)(C)c1ccc(-c2cc(-c3ccc(-c4ccc(-c5cc(-c6ccc([Si](C)(C)C)s6)sc5-c5ccc([Si](C)(C)C)s5)s4)s3)c(-c3ccc([Si](C)(C)C)s3)s2)s1. The molecule has 8 rings (SSSR count). The van der Waals surface area contributed by atoms with Gasteiger partial charge in [0.05, 0.1) is 42.0 Å². The quantitative estimate of drug-likeness (QED) is 0.113. The van der Waals surface area contributed by atoms with Crippen molar-refractivity contribution in [3.63, 3.8) is 0 Å². The Labute approximate surface area is 370 Å². The molecule has 290 valence electrons. The van der Waals surface area contributed by atoms with Crippen LogP contribution < -0.4 is 18.0 Å². The summed E-state index contributed by atoms with van der Waals surface area (Å²) in [6.07, 6.45) is 0. The third-order valence-electron chi connectivity index (χ3n) is 9.76. The molecule has 0 saturated carbocycles. The Hall–Kier alpha value is -1.53. The topological polar surface area (TPSA) is 0 Å². The fraction of sp³-hybridized carbons (Fsp3) is 0.273. The maximum atomic E-state index is 2.50. The third-order valence-corrected chi connectivity index (χ3v) is 34.0. The highest BCUT2D eigenvalue weighted by Gasteiger charge is 2.27. The van der Waals surface area contributed by atoms with Crippen molar-refractivity contribution in [2.45, 2.75) is 78.6 Å². The molecule has 0 bridgehead atoms. The summed E-state index contributed by atoms with van der Waals surface area (Å²) in [7, 11) is -5.54. The molecule has 0 saturated heterocycles. The van der Waals surface area contributed by atoms with Gasteiger partial charge >= 0.3 is 0 Å². The predicted molar refractivity (Wildman–Crippen MR) is 279 cm³/mol. The molecule has 0 aromatic carbocycles. The van der Waals surface area contributed by atoms with Gasteiger partial charge in [0.25, 0.3) is 0 Å². The molecule has 0 atom stereocenters. The highest BCUT2D eigenvalue weighted by atomic mass is 32.1. The van der Waals surface area contributed by atoms with E-state index in [0.717, 1.165) is 0 Å². The molecule has 0 aliphatic rings. The van der Waals surface area contributed by atoms with E-state index in [1.54, 1.807) is 18.0 Å². The number of rotatable bonds is 11. The fourth-order valence-corrected chi connectivity index (χ4v) is 23.1. The Kier molecular flexibility index (Phi) is 11.2. The van der Waals surface area contributed by atoms with Crippen LogP contribution in [0, 0.1) is 0 Å². The van der Waals surface area contributed by atoms with Crippen molar-refractivity contribution in [2.75, 3.05) is 0 Å². The maximum Gasteiger partial charge on any atom is 0.0904 e. The van der Waals surface area contributed by atoms with Gasteiger partial charge in [0.15, 0.2) is 0 Å². The molecule has 8 heterocycles. The minimum Gasteiger partial charge on any atom is -0.144 e. The summed E-state index contributed by atoms with van der Waals surface area (Å²) in [6.45, 7) is 29.5. The van der Waals surface area contributed by atoms with Crippen molar-refractivity contribution in [3.05, 3.63) is 84.9 Å². The van der Waals surface area contributed by atoms with Gasteiger partial charge in [-0.25, -0.2) is 0 Å². The van der Waals surface area contributed by atoms with Crippen molar-refractivity contribution >= 4 is 141 Å². The Morgan fingerprint density at radius 2 is 0.500 bits per heavy atom. The molecule has 0 amide bonds. The Bertz CT molecular complexity index is 2470. The van der Waals surface area contributed by atoms with Gasteiger partial charge in [-0.05, 0) is 78.7 Å². The van der Waals surface area contributed by atoms with E-state index in [2.05, 4.69) is 163 Å². The molecule has 0 aliphatic carbocycles. The number of hydrogen-bond donors (Lipinski definition) is 0. The van der Waals surface area contributed by atoms with Crippen LogP contribution in [0.15, 0.2) is 84.9 Å². The summed E-state index contributed by atoms with van der Waals surface area (Å²) < 4.78 is 6.32. The average molecular weight is 948 g/mol. The standard InChI is InChI=1S/C44H50S8Si4/c1-53(2,3)39-21-17-33(47-39)37-25-27(43(51-37)35-19-23-41(49-35)55(7,8)9)29-13-15-31(45-29)32-16-14-30(46-32)28-26-38(34-18-22-40(48-34)54(4,5)6)52-44(28)36-20-24-42(50-36)56(10,11)12/h13-26H,1-12H3. The predicted octanol–water partition coefficient (Wildman–Crippen LogP) is 16.0. The lowest BCUT2D eigenvalue weighted by Crippen LogP contribution is -2.34. The van der Waals surface area contributed by atoms with E-state index in [1.165, 1.54) is 69.7 Å². The van der Waals surface area contributed by atoms with Crippen LogP contribution >= 0.6 is 90.7 Å². The largest absolute Gasteiger partial charge is 0.144 e. The van der Waals surface area contributed by atoms with E-state index < -0.39 is 32.3 Å². The Morgan fingerprint density at radius 3 is 0.804 bits per heavy atom. The maximum absolute atomic E-state index is 2.50. The number of thiophene rings is 8. The van der Waals surface area contributed by atoms with E-state index in [1.807, 2.05) is 90.7 Å². The number of hydrogen-bond acceptors (Lipinski definition) is 8. The lowest BCUT2D eigenvalue weighted by Gasteiger charge is -2.12. The summed E-state index contributed by atoms with van der Waals surface area (Å²) in [6, 6.07) is 33.7. The summed E-state index contributed by atoms with van der Waals surface area (Å²) in [4.78, 5) is 16.7. The lowest BCUT2D eigenvalue weighted by molar-refractivity contribution is 1.78. The van der Waals surface area contributed by atoms with E-state index >= 15 is 0 Å². The van der Waals surface area contributed by atoms with Crippen LogP contribution in [0.25, 0.3) is 69.7 Å². The Balaban J connectivity index is 1.17.